The fourth-order valence-electron chi connectivity index (χ4n) is 2.29. The third-order valence-corrected chi connectivity index (χ3v) is 3.46. The van der Waals surface area contributed by atoms with Gasteiger partial charge in [0, 0.05) is 6.07 Å². The van der Waals surface area contributed by atoms with E-state index in [1.165, 1.54) is 0 Å². The van der Waals surface area contributed by atoms with Crippen LogP contribution in [-0.2, 0) is 0 Å². The smallest absolute Gasteiger partial charge is 0.231 e. The van der Waals surface area contributed by atoms with Crippen LogP contribution in [0.1, 0.15) is 22.8 Å². The Morgan fingerprint density at radius 3 is 2.75 bits per heavy atom. The summed E-state index contributed by atoms with van der Waals surface area (Å²) in [4.78, 5) is 12.3. The van der Waals surface area contributed by atoms with E-state index in [4.69, 9.17) is 9.47 Å². The lowest BCUT2D eigenvalue weighted by molar-refractivity contribution is 0.101. The lowest BCUT2D eigenvalue weighted by atomic mass is 10.1. The van der Waals surface area contributed by atoms with Crippen molar-refractivity contribution in [1.82, 2.24) is 0 Å². The SMILES string of the molecule is C=C(C)COc1ccc2c(c1)OC(=CC=Cc1ccccc1)C2=O. The largest absolute Gasteiger partial charge is 0.489 e. The molecule has 0 aromatic heterocycles. The van der Waals surface area contributed by atoms with Gasteiger partial charge in [0.25, 0.3) is 0 Å². The van der Waals surface area contributed by atoms with Crippen LogP contribution in [0.25, 0.3) is 6.08 Å². The molecule has 2 aromatic carbocycles. The van der Waals surface area contributed by atoms with E-state index < -0.39 is 0 Å². The average Bonchev–Trinajstić information content (AvgIpc) is 2.90. The number of allylic oxidation sites excluding steroid dienone is 3. The van der Waals surface area contributed by atoms with Crippen LogP contribution < -0.4 is 9.47 Å². The number of hydrogen-bond acceptors (Lipinski definition) is 3. The molecule has 3 heteroatoms. The summed E-state index contributed by atoms with van der Waals surface area (Å²) in [5.41, 5.74) is 2.55. The zero-order valence-corrected chi connectivity index (χ0v) is 13.5. The Hall–Kier alpha value is -3.07. The van der Waals surface area contributed by atoms with Gasteiger partial charge in [-0.15, -0.1) is 0 Å². The fraction of sp³-hybridized carbons (Fsp3) is 0.0952. The average molecular weight is 318 g/mol. The Labute approximate surface area is 141 Å². The lowest BCUT2D eigenvalue weighted by Crippen LogP contribution is -1.98. The molecule has 0 N–H and O–H groups in total. The van der Waals surface area contributed by atoms with E-state index >= 15 is 0 Å². The molecule has 1 aliphatic heterocycles. The number of ether oxygens (including phenoxy) is 2. The minimum Gasteiger partial charge on any atom is -0.489 e. The molecule has 0 amide bonds. The van der Waals surface area contributed by atoms with Gasteiger partial charge >= 0.3 is 0 Å². The first-order valence-corrected chi connectivity index (χ1v) is 7.71. The van der Waals surface area contributed by atoms with Crippen molar-refractivity contribution in [3.63, 3.8) is 0 Å². The third-order valence-electron chi connectivity index (χ3n) is 3.46. The minimum atomic E-state index is -0.117. The van der Waals surface area contributed by atoms with Gasteiger partial charge in [-0.05, 0) is 36.3 Å². The maximum Gasteiger partial charge on any atom is 0.231 e. The van der Waals surface area contributed by atoms with Crippen LogP contribution in [0.4, 0.5) is 0 Å². The van der Waals surface area contributed by atoms with Crippen molar-refractivity contribution < 1.29 is 14.3 Å². The molecule has 24 heavy (non-hydrogen) atoms. The first kappa shape index (κ1) is 15.8. The summed E-state index contributed by atoms with van der Waals surface area (Å²) < 4.78 is 11.2. The molecular weight excluding hydrogens is 300 g/mol. The predicted molar refractivity (Wildman–Crippen MR) is 95.3 cm³/mol. The Kier molecular flexibility index (Phi) is 4.62. The fourth-order valence-corrected chi connectivity index (χ4v) is 2.29. The third kappa shape index (κ3) is 3.63. The molecule has 0 aliphatic carbocycles. The van der Waals surface area contributed by atoms with E-state index in [1.807, 2.05) is 49.4 Å². The van der Waals surface area contributed by atoms with Crippen LogP contribution in [0.3, 0.4) is 0 Å². The minimum absolute atomic E-state index is 0.117. The molecule has 1 heterocycles. The summed E-state index contributed by atoms with van der Waals surface area (Å²) in [5, 5.41) is 0. The summed E-state index contributed by atoms with van der Waals surface area (Å²) in [6, 6.07) is 15.1. The standard InChI is InChI=1S/C21H18O3/c1-15(2)14-23-17-11-12-18-20(13-17)24-19(21(18)22)10-6-9-16-7-4-3-5-8-16/h3-13H,1,14H2,2H3. The number of rotatable bonds is 5. The first-order valence-electron chi connectivity index (χ1n) is 7.71. The summed E-state index contributed by atoms with van der Waals surface area (Å²) >= 11 is 0. The van der Waals surface area contributed by atoms with Crippen LogP contribution in [0.15, 0.2) is 78.6 Å². The summed E-state index contributed by atoms with van der Waals surface area (Å²) in [6.07, 6.45) is 5.42. The molecule has 1 aliphatic rings. The highest BCUT2D eigenvalue weighted by Gasteiger charge is 2.27. The number of benzene rings is 2. The van der Waals surface area contributed by atoms with E-state index in [1.54, 1.807) is 24.3 Å². The Bertz CT molecular complexity index is 829. The van der Waals surface area contributed by atoms with E-state index in [0.29, 0.717) is 29.4 Å². The molecule has 3 nitrogen and oxygen atoms in total. The predicted octanol–water partition coefficient (Wildman–Crippen LogP) is 4.81. The van der Waals surface area contributed by atoms with Gasteiger partial charge in [0.05, 0.1) is 5.56 Å². The zero-order valence-electron chi connectivity index (χ0n) is 13.5. The van der Waals surface area contributed by atoms with Crippen LogP contribution in [0.2, 0.25) is 0 Å². The molecule has 0 atom stereocenters. The van der Waals surface area contributed by atoms with Gasteiger partial charge in [0.1, 0.15) is 18.1 Å². The van der Waals surface area contributed by atoms with Gasteiger partial charge < -0.3 is 9.47 Å². The molecule has 0 saturated heterocycles. The van der Waals surface area contributed by atoms with Crippen molar-refractivity contribution >= 4 is 11.9 Å². The summed E-state index contributed by atoms with van der Waals surface area (Å²) in [5.74, 6) is 1.38. The Morgan fingerprint density at radius 2 is 2.00 bits per heavy atom. The van der Waals surface area contributed by atoms with Crippen LogP contribution in [0.5, 0.6) is 11.5 Å². The summed E-state index contributed by atoms with van der Waals surface area (Å²) in [6.45, 7) is 6.13. The van der Waals surface area contributed by atoms with Crippen LogP contribution in [0, 0.1) is 0 Å². The highest BCUT2D eigenvalue weighted by atomic mass is 16.5. The number of Topliss-reactive ketones (excluding diaryl/α,β-unsaturated/α-hetero) is 1. The maximum absolute atomic E-state index is 12.3. The molecule has 3 rings (SSSR count). The lowest BCUT2D eigenvalue weighted by Gasteiger charge is -2.06. The molecule has 0 bridgehead atoms. The monoisotopic (exact) mass is 318 g/mol. The van der Waals surface area contributed by atoms with Gasteiger partial charge in [0.15, 0.2) is 5.76 Å². The van der Waals surface area contributed by atoms with Crippen LogP contribution in [-0.4, -0.2) is 12.4 Å². The second kappa shape index (κ2) is 7.01. The van der Waals surface area contributed by atoms with Gasteiger partial charge in [-0.25, -0.2) is 0 Å². The van der Waals surface area contributed by atoms with E-state index in [9.17, 15) is 4.79 Å². The highest BCUT2D eigenvalue weighted by molar-refractivity contribution is 6.12. The zero-order chi connectivity index (χ0) is 16.9. The van der Waals surface area contributed by atoms with Crippen molar-refractivity contribution in [2.45, 2.75) is 6.92 Å². The molecule has 2 aromatic rings. The van der Waals surface area contributed by atoms with Gasteiger partial charge in [-0.1, -0.05) is 49.1 Å². The Morgan fingerprint density at radius 1 is 1.21 bits per heavy atom. The van der Waals surface area contributed by atoms with E-state index in [2.05, 4.69) is 6.58 Å². The van der Waals surface area contributed by atoms with Gasteiger partial charge in [-0.2, -0.15) is 0 Å². The maximum atomic E-state index is 12.3. The second-order valence-corrected chi connectivity index (χ2v) is 5.64. The van der Waals surface area contributed by atoms with Crippen molar-refractivity contribution in [2.24, 2.45) is 0 Å². The first-order chi connectivity index (χ1) is 11.6. The van der Waals surface area contributed by atoms with E-state index in [-0.39, 0.29) is 5.78 Å². The van der Waals surface area contributed by atoms with Gasteiger partial charge in [-0.3, -0.25) is 4.79 Å². The van der Waals surface area contributed by atoms with Crippen molar-refractivity contribution in [3.05, 3.63) is 89.7 Å². The van der Waals surface area contributed by atoms with E-state index in [0.717, 1.165) is 11.1 Å². The molecule has 120 valence electrons. The molecule has 0 spiro atoms. The molecule has 0 radical (unpaired) electrons. The second-order valence-electron chi connectivity index (χ2n) is 5.64. The molecular formula is C21H18O3. The number of ketones is 1. The number of hydrogen-bond donors (Lipinski definition) is 0. The van der Waals surface area contributed by atoms with Crippen molar-refractivity contribution in [3.8, 4) is 11.5 Å². The van der Waals surface area contributed by atoms with Crippen LogP contribution >= 0.6 is 0 Å². The molecule has 0 fully saturated rings. The highest BCUT2D eigenvalue weighted by Crippen LogP contribution is 2.34. The number of carbonyl (C=O) groups is 1. The summed E-state index contributed by atoms with van der Waals surface area (Å²) in [7, 11) is 0. The number of carbonyl (C=O) groups excluding carboxylic acids is 1. The van der Waals surface area contributed by atoms with Gasteiger partial charge in [0.2, 0.25) is 5.78 Å². The van der Waals surface area contributed by atoms with Crippen molar-refractivity contribution in [2.75, 3.05) is 6.61 Å². The Balaban J connectivity index is 1.74. The normalized spacial score (nSPS) is 14.7. The quantitative estimate of drug-likeness (QED) is 0.586. The molecule has 0 unspecified atom stereocenters. The van der Waals surface area contributed by atoms with Crippen molar-refractivity contribution in [1.29, 1.82) is 0 Å². The topological polar surface area (TPSA) is 35.5 Å². The number of fused-ring (bicyclic) bond motifs is 1. The molecule has 0 saturated carbocycles.